The lowest BCUT2D eigenvalue weighted by molar-refractivity contribution is -0.117. The number of nitrogens with zero attached hydrogens (tertiary/aromatic N) is 1. The monoisotopic (exact) mass is 376 g/mol. The van der Waals surface area contributed by atoms with E-state index in [1.807, 2.05) is 6.07 Å². The van der Waals surface area contributed by atoms with Crippen LogP contribution in [0, 0.1) is 0 Å². The first-order valence-electron chi connectivity index (χ1n) is 7.48. The molecule has 24 heavy (non-hydrogen) atoms. The Bertz CT molecular complexity index is 707. The van der Waals surface area contributed by atoms with Crippen LogP contribution >= 0.6 is 12.4 Å². The fraction of sp³-hybridized carbons (Fsp3) is 0.500. The smallest absolute Gasteiger partial charge is 0.299 e. The lowest BCUT2D eigenvalue weighted by atomic mass is 10.1. The maximum Gasteiger partial charge on any atom is 0.299 e. The molecule has 0 radical (unpaired) electrons. The Labute approximate surface area is 147 Å². The third-order valence-corrected chi connectivity index (χ3v) is 4.95. The van der Waals surface area contributed by atoms with Gasteiger partial charge in [0.1, 0.15) is 0 Å². The van der Waals surface area contributed by atoms with E-state index in [9.17, 15) is 13.2 Å². The quantitative estimate of drug-likeness (QED) is 0.684. The van der Waals surface area contributed by atoms with Gasteiger partial charge in [0.15, 0.2) is 0 Å². The van der Waals surface area contributed by atoms with Gasteiger partial charge < -0.3 is 15.4 Å². The summed E-state index contributed by atoms with van der Waals surface area (Å²) >= 11 is 0. The summed E-state index contributed by atoms with van der Waals surface area (Å²) in [6.07, 6.45) is 0.916. The SMILES string of the molecule is Cl.NS(=O)(=O)N1CCc2ccc(NC(=O)CC3COCCN3)cc21. The van der Waals surface area contributed by atoms with E-state index >= 15 is 0 Å². The van der Waals surface area contributed by atoms with Crippen LogP contribution in [0.5, 0.6) is 0 Å². The Kier molecular flexibility index (Phi) is 6.05. The molecule has 1 amide bonds. The second kappa shape index (κ2) is 7.66. The fourth-order valence-corrected chi connectivity index (χ4v) is 3.67. The number of nitrogens with two attached hydrogens (primary N) is 1. The summed E-state index contributed by atoms with van der Waals surface area (Å²) in [6.45, 7) is 2.23. The number of benzene rings is 1. The van der Waals surface area contributed by atoms with Gasteiger partial charge in [0.2, 0.25) is 5.91 Å². The molecule has 0 saturated carbocycles. The Morgan fingerprint density at radius 3 is 2.92 bits per heavy atom. The zero-order valence-electron chi connectivity index (χ0n) is 13.0. The first-order valence-corrected chi connectivity index (χ1v) is 8.98. The standard InChI is InChI=1S/C14H20N4O4S.ClH/c15-23(20,21)18-5-3-10-1-2-11(7-13(10)18)17-14(19)8-12-9-22-6-4-16-12;/h1-2,7,12,16H,3-6,8-9H2,(H,17,19)(H2,15,20,21);1H. The molecule has 1 saturated heterocycles. The predicted octanol–water partition coefficient (Wildman–Crippen LogP) is -0.00860. The van der Waals surface area contributed by atoms with E-state index in [1.165, 1.54) is 0 Å². The third-order valence-electron chi connectivity index (χ3n) is 3.96. The normalized spacial score (nSPS) is 20.2. The lowest BCUT2D eigenvalue weighted by Gasteiger charge is -2.23. The van der Waals surface area contributed by atoms with Crippen molar-refractivity contribution >= 4 is 39.9 Å². The van der Waals surface area contributed by atoms with Crippen molar-refractivity contribution in [2.24, 2.45) is 5.14 Å². The van der Waals surface area contributed by atoms with Gasteiger partial charge >= 0.3 is 0 Å². The largest absolute Gasteiger partial charge is 0.378 e. The number of halogens is 1. The second-order valence-corrected chi connectivity index (χ2v) is 7.16. The van der Waals surface area contributed by atoms with E-state index in [2.05, 4.69) is 10.6 Å². The fourth-order valence-electron chi connectivity index (χ4n) is 2.88. The van der Waals surface area contributed by atoms with E-state index < -0.39 is 10.2 Å². The van der Waals surface area contributed by atoms with Crippen LogP contribution in [0.2, 0.25) is 0 Å². The van der Waals surface area contributed by atoms with Crippen molar-refractivity contribution in [2.45, 2.75) is 18.9 Å². The van der Waals surface area contributed by atoms with Gasteiger partial charge in [-0.1, -0.05) is 6.07 Å². The molecule has 1 fully saturated rings. The van der Waals surface area contributed by atoms with E-state index in [0.717, 1.165) is 16.4 Å². The zero-order chi connectivity index (χ0) is 16.4. The molecule has 2 aliphatic rings. The van der Waals surface area contributed by atoms with Gasteiger partial charge in [0, 0.05) is 31.2 Å². The highest BCUT2D eigenvalue weighted by Gasteiger charge is 2.27. The van der Waals surface area contributed by atoms with Crippen molar-refractivity contribution in [1.82, 2.24) is 5.32 Å². The van der Waals surface area contributed by atoms with Crippen LogP contribution in [0.3, 0.4) is 0 Å². The molecule has 1 aromatic rings. The van der Waals surface area contributed by atoms with Crippen LogP contribution in [0.25, 0.3) is 0 Å². The minimum absolute atomic E-state index is 0. The molecule has 10 heteroatoms. The van der Waals surface area contributed by atoms with Crippen LogP contribution in [0.1, 0.15) is 12.0 Å². The average molecular weight is 377 g/mol. The van der Waals surface area contributed by atoms with Crippen LogP contribution in [0.15, 0.2) is 18.2 Å². The van der Waals surface area contributed by atoms with Crippen molar-refractivity contribution in [3.63, 3.8) is 0 Å². The molecule has 3 rings (SSSR count). The Balaban J connectivity index is 0.00000208. The number of hydrogen-bond donors (Lipinski definition) is 3. The Hall–Kier alpha value is -1.39. The number of ether oxygens (including phenoxy) is 1. The number of morpholine rings is 1. The molecule has 1 unspecified atom stereocenters. The summed E-state index contributed by atoms with van der Waals surface area (Å²) in [4.78, 5) is 12.1. The number of fused-ring (bicyclic) bond motifs is 1. The van der Waals surface area contributed by atoms with Crippen molar-refractivity contribution in [3.05, 3.63) is 23.8 Å². The predicted molar refractivity (Wildman–Crippen MR) is 93.7 cm³/mol. The molecular weight excluding hydrogens is 356 g/mol. The molecule has 2 aliphatic heterocycles. The van der Waals surface area contributed by atoms with Gasteiger partial charge in [-0.05, 0) is 24.1 Å². The molecular formula is C14H21ClN4O4S. The topological polar surface area (TPSA) is 114 Å². The maximum atomic E-state index is 12.1. The number of carbonyl (C=O) groups is 1. The lowest BCUT2D eigenvalue weighted by Crippen LogP contribution is -2.43. The number of anilines is 2. The summed E-state index contributed by atoms with van der Waals surface area (Å²) in [5.74, 6) is -0.145. The highest BCUT2D eigenvalue weighted by molar-refractivity contribution is 7.90. The third kappa shape index (κ3) is 4.37. The van der Waals surface area contributed by atoms with E-state index in [-0.39, 0.29) is 24.4 Å². The van der Waals surface area contributed by atoms with Gasteiger partial charge in [0.25, 0.3) is 10.2 Å². The van der Waals surface area contributed by atoms with E-state index in [4.69, 9.17) is 9.88 Å². The van der Waals surface area contributed by atoms with Crippen molar-refractivity contribution in [2.75, 3.05) is 35.9 Å². The number of nitrogens with one attached hydrogen (secondary N) is 2. The number of amides is 1. The molecule has 0 bridgehead atoms. The first-order chi connectivity index (χ1) is 10.9. The zero-order valence-corrected chi connectivity index (χ0v) is 14.7. The van der Waals surface area contributed by atoms with Gasteiger partial charge in [-0.3, -0.25) is 9.10 Å². The van der Waals surface area contributed by atoms with E-state index in [0.29, 0.717) is 44.0 Å². The van der Waals surface area contributed by atoms with Gasteiger partial charge in [0.05, 0.1) is 18.9 Å². The molecule has 4 N–H and O–H groups in total. The number of hydrogen-bond acceptors (Lipinski definition) is 5. The number of carbonyl (C=O) groups excluding carboxylic acids is 1. The van der Waals surface area contributed by atoms with Gasteiger partial charge in [-0.15, -0.1) is 12.4 Å². The molecule has 1 atom stereocenters. The summed E-state index contributed by atoms with van der Waals surface area (Å²) < 4.78 is 29.6. The van der Waals surface area contributed by atoms with E-state index in [1.54, 1.807) is 12.1 Å². The highest BCUT2D eigenvalue weighted by atomic mass is 35.5. The first kappa shape index (κ1) is 18.9. The van der Waals surface area contributed by atoms with Crippen molar-refractivity contribution in [3.8, 4) is 0 Å². The Morgan fingerprint density at radius 2 is 2.25 bits per heavy atom. The van der Waals surface area contributed by atoms with Crippen LogP contribution in [-0.2, 0) is 26.2 Å². The summed E-state index contributed by atoms with van der Waals surface area (Å²) in [6, 6.07) is 5.24. The minimum Gasteiger partial charge on any atom is -0.378 e. The molecule has 0 aliphatic carbocycles. The molecule has 2 heterocycles. The number of rotatable bonds is 4. The van der Waals surface area contributed by atoms with Gasteiger partial charge in [-0.25, -0.2) is 5.14 Å². The second-order valence-electron chi connectivity index (χ2n) is 5.69. The minimum atomic E-state index is -3.79. The van der Waals surface area contributed by atoms with Crippen molar-refractivity contribution in [1.29, 1.82) is 0 Å². The summed E-state index contributed by atoms with van der Waals surface area (Å²) in [5.41, 5.74) is 1.99. The van der Waals surface area contributed by atoms with Crippen molar-refractivity contribution < 1.29 is 17.9 Å². The maximum absolute atomic E-state index is 12.1. The summed E-state index contributed by atoms with van der Waals surface area (Å²) in [5, 5.41) is 11.2. The average Bonchev–Trinajstić information content (AvgIpc) is 2.91. The summed E-state index contributed by atoms with van der Waals surface area (Å²) in [7, 11) is -3.79. The van der Waals surface area contributed by atoms with Crippen LogP contribution in [0.4, 0.5) is 11.4 Å². The van der Waals surface area contributed by atoms with Crippen LogP contribution in [-0.4, -0.2) is 46.7 Å². The molecule has 0 aromatic heterocycles. The molecule has 8 nitrogen and oxygen atoms in total. The highest BCUT2D eigenvalue weighted by Crippen LogP contribution is 2.32. The molecule has 0 spiro atoms. The molecule has 134 valence electrons. The van der Waals surface area contributed by atoms with Crippen LogP contribution < -0.4 is 20.1 Å². The Morgan fingerprint density at radius 1 is 1.46 bits per heavy atom. The molecule has 1 aromatic carbocycles. The van der Waals surface area contributed by atoms with Gasteiger partial charge in [-0.2, -0.15) is 8.42 Å².